The van der Waals surface area contributed by atoms with Gasteiger partial charge in [0.05, 0.1) is 6.61 Å². The van der Waals surface area contributed by atoms with Crippen molar-refractivity contribution in [3.63, 3.8) is 0 Å². The van der Waals surface area contributed by atoms with E-state index in [4.69, 9.17) is 5.11 Å². The Bertz CT molecular complexity index is 131. The molecule has 0 aromatic rings. The molecule has 1 aliphatic heterocycles. The average molecular weight is 117 g/mol. The Morgan fingerprint density at radius 2 is 2.62 bits per heavy atom. The van der Waals surface area contributed by atoms with Crippen molar-refractivity contribution in [1.29, 1.82) is 0 Å². The predicted octanol–water partition coefficient (Wildman–Crippen LogP) is -0.736. The Hall–Kier alpha value is -0.770. The van der Waals surface area contributed by atoms with E-state index < -0.39 is 6.10 Å². The Morgan fingerprint density at radius 3 is 2.75 bits per heavy atom. The molecule has 0 aromatic carbocycles. The highest BCUT2D eigenvalue weighted by Crippen LogP contribution is 1.98. The van der Waals surface area contributed by atoms with Crippen LogP contribution in [0.15, 0.2) is 0 Å². The van der Waals surface area contributed by atoms with Gasteiger partial charge in [-0.25, -0.2) is 0 Å². The lowest BCUT2D eigenvalue weighted by atomic mass is 10.3. The molecule has 8 heavy (non-hydrogen) atoms. The Kier molecular flexibility index (Phi) is 1.09. The fourth-order valence-electron chi connectivity index (χ4n) is 0.482. The van der Waals surface area contributed by atoms with Crippen molar-refractivity contribution in [2.75, 3.05) is 6.61 Å². The van der Waals surface area contributed by atoms with Crippen molar-refractivity contribution >= 4 is 5.71 Å². The first-order chi connectivity index (χ1) is 3.72. The topological polar surface area (TPSA) is 55.5 Å². The van der Waals surface area contributed by atoms with Crippen LogP contribution in [0.4, 0.5) is 0 Å². The lowest BCUT2D eigenvalue weighted by molar-refractivity contribution is -0.731. The zero-order valence-corrected chi connectivity index (χ0v) is 4.50. The number of aliphatic hydroxyl groups excluding tert-OH is 1. The van der Waals surface area contributed by atoms with Crippen LogP contribution < -0.4 is 0 Å². The quantitative estimate of drug-likeness (QED) is 0.425. The summed E-state index contributed by atoms with van der Waals surface area (Å²) in [6, 6.07) is 0. The normalized spacial score (nSPS) is 28.5. The Morgan fingerprint density at radius 1 is 2.00 bits per heavy atom. The van der Waals surface area contributed by atoms with Crippen LogP contribution in [0.5, 0.6) is 0 Å². The zero-order chi connectivity index (χ0) is 6.15. The van der Waals surface area contributed by atoms with Crippen LogP contribution in [-0.4, -0.2) is 28.4 Å². The van der Waals surface area contributed by atoms with Gasteiger partial charge in [0.25, 0.3) is 0 Å². The Balaban J connectivity index is 2.71. The third-order valence-electron chi connectivity index (χ3n) is 1.12. The minimum atomic E-state index is -0.701. The molecule has 46 valence electrons. The summed E-state index contributed by atoms with van der Waals surface area (Å²) in [6.07, 6.45) is -0.701. The minimum Gasteiger partial charge on any atom is -0.400 e. The molecule has 0 amide bonds. The molecule has 1 atom stereocenters. The third-order valence-corrected chi connectivity index (χ3v) is 1.12. The summed E-state index contributed by atoms with van der Waals surface area (Å²) in [7, 11) is 0. The maximum atomic E-state index is 10.3. The first kappa shape index (κ1) is 5.37. The molecule has 1 aliphatic rings. The van der Waals surface area contributed by atoms with Crippen molar-refractivity contribution in [2.24, 2.45) is 0 Å². The van der Waals surface area contributed by atoms with Crippen molar-refractivity contribution in [2.45, 2.75) is 13.0 Å². The van der Waals surface area contributed by atoms with Gasteiger partial charge in [-0.2, -0.15) is 0 Å². The molecule has 0 fully saturated rings. The lowest BCUT2D eigenvalue weighted by Gasteiger charge is -1.91. The monoisotopic (exact) mass is 117 g/mol. The molecular weight excluding hydrogens is 110 g/mol. The molecule has 1 unspecified atom stereocenters. The molecule has 0 spiro atoms. The maximum absolute atomic E-state index is 10.3. The standard InChI is InChI=1S/C4H7NO3/c1-3-4(6)2-8-5(3)7/h4,6H,2H2,1H3. The molecule has 1 rings (SSSR count). The predicted molar refractivity (Wildman–Crippen MR) is 26.3 cm³/mol. The summed E-state index contributed by atoms with van der Waals surface area (Å²) in [5, 5.41) is 19.0. The van der Waals surface area contributed by atoms with Gasteiger partial charge in [-0.3, -0.25) is 5.21 Å². The summed E-state index contributed by atoms with van der Waals surface area (Å²) in [6.45, 7) is 1.62. The molecule has 0 aromatic heterocycles. The van der Waals surface area contributed by atoms with Crippen LogP contribution in [0.2, 0.25) is 0 Å². The largest absolute Gasteiger partial charge is 0.400 e. The number of aliphatic hydroxyl groups is 1. The smallest absolute Gasteiger partial charge is 0.248 e. The molecule has 1 N–H and O–H groups in total. The van der Waals surface area contributed by atoms with Crippen LogP contribution in [0.25, 0.3) is 0 Å². The maximum Gasteiger partial charge on any atom is 0.248 e. The summed E-state index contributed by atoms with van der Waals surface area (Å²) >= 11 is 0. The van der Waals surface area contributed by atoms with Gasteiger partial charge in [-0.15, -0.1) is 0 Å². The van der Waals surface area contributed by atoms with Crippen LogP contribution >= 0.6 is 0 Å². The van der Waals surface area contributed by atoms with E-state index in [1.807, 2.05) is 0 Å². The summed E-state index contributed by atoms with van der Waals surface area (Å²) in [5.74, 6) is 0. The van der Waals surface area contributed by atoms with E-state index in [0.717, 1.165) is 0 Å². The summed E-state index contributed by atoms with van der Waals surface area (Å²) < 4.78 is 0. The minimum absolute atomic E-state index is 0.0926. The van der Waals surface area contributed by atoms with E-state index in [0.29, 0.717) is 10.6 Å². The van der Waals surface area contributed by atoms with Gasteiger partial charge < -0.3 is 9.94 Å². The highest BCUT2D eigenvalue weighted by molar-refractivity contribution is 5.82. The molecule has 0 bridgehead atoms. The molecule has 0 aliphatic carbocycles. The van der Waals surface area contributed by atoms with Gasteiger partial charge in [0.15, 0.2) is 6.10 Å². The second-order valence-corrected chi connectivity index (χ2v) is 1.71. The average Bonchev–Trinajstić information content (AvgIpc) is 1.98. The highest BCUT2D eigenvalue weighted by Gasteiger charge is 2.23. The van der Waals surface area contributed by atoms with E-state index in [9.17, 15) is 5.21 Å². The van der Waals surface area contributed by atoms with Crippen LogP contribution in [-0.2, 0) is 4.84 Å². The van der Waals surface area contributed by atoms with Gasteiger partial charge in [-0.1, -0.05) is 0 Å². The molecule has 1 heterocycles. The summed E-state index contributed by atoms with van der Waals surface area (Å²) in [5.41, 5.74) is 0.324. The number of rotatable bonds is 0. The van der Waals surface area contributed by atoms with Crippen LogP contribution in [0.1, 0.15) is 6.92 Å². The molecule has 4 heteroatoms. The SMILES string of the molecule is CC1=[N+]([O-])OCC1O. The summed E-state index contributed by atoms with van der Waals surface area (Å²) in [4.78, 5) is 4.71. The van der Waals surface area contributed by atoms with Gasteiger partial charge in [0.2, 0.25) is 5.71 Å². The molecule has 0 radical (unpaired) electrons. The Labute approximate surface area is 46.5 Å². The zero-order valence-electron chi connectivity index (χ0n) is 4.50. The number of nitrogens with zero attached hydrogens (tertiary/aromatic N) is 1. The molecule has 0 saturated heterocycles. The first-order valence-corrected chi connectivity index (χ1v) is 2.33. The van der Waals surface area contributed by atoms with Crippen molar-refractivity contribution < 1.29 is 14.8 Å². The second kappa shape index (κ2) is 1.63. The van der Waals surface area contributed by atoms with Gasteiger partial charge >= 0.3 is 0 Å². The molecule has 0 saturated carbocycles. The highest BCUT2D eigenvalue weighted by atomic mass is 16.9. The van der Waals surface area contributed by atoms with Crippen molar-refractivity contribution in [3.8, 4) is 0 Å². The molecule has 4 nitrogen and oxygen atoms in total. The van der Waals surface area contributed by atoms with Gasteiger partial charge in [-0.05, 0) is 0 Å². The molecular formula is C4H7NO3. The van der Waals surface area contributed by atoms with E-state index in [1.54, 1.807) is 0 Å². The first-order valence-electron chi connectivity index (χ1n) is 2.33. The second-order valence-electron chi connectivity index (χ2n) is 1.71. The fraction of sp³-hybridized carbons (Fsp3) is 0.750. The van der Waals surface area contributed by atoms with E-state index in [2.05, 4.69) is 4.84 Å². The van der Waals surface area contributed by atoms with E-state index in [-0.39, 0.29) is 6.61 Å². The third kappa shape index (κ3) is 0.626. The van der Waals surface area contributed by atoms with Gasteiger partial charge in [0, 0.05) is 11.8 Å². The lowest BCUT2D eigenvalue weighted by Crippen LogP contribution is -2.17. The number of hydrogen-bond donors (Lipinski definition) is 1. The van der Waals surface area contributed by atoms with Crippen molar-refractivity contribution in [3.05, 3.63) is 5.21 Å². The number of hydrogen-bond acceptors (Lipinski definition) is 3. The van der Waals surface area contributed by atoms with Crippen molar-refractivity contribution in [1.82, 2.24) is 0 Å². The van der Waals surface area contributed by atoms with E-state index >= 15 is 0 Å². The van der Waals surface area contributed by atoms with Crippen LogP contribution in [0, 0.1) is 5.21 Å². The van der Waals surface area contributed by atoms with Crippen LogP contribution in [0.3, 0.4) is 0 Å². The van der Waals surface area contributed by atoms with Gasteiger partial charge in [0.1, 0.15) is 0 Å². The van der Waals surface area contributed by atoms with E-state index in [1.165, 1.54) is 6.92 Å². The fourth-order valence-corrected chi connectivity index (χ4v) is 0.482.